The SMILES string of the molecule is CCOP(=O)(CCC#N)CC1CC1. The minimum Gasteiger partial charge on any atom is -0.329 e. The van der Waals surface area contributed by atoms with Gasteiger partial charge in [-0.25, -0.2) is 0 Å². The normalized spacial score (nSPS) is 20.6. The summed E-state index contributed by atoms with van der Waals surface area (Å²) in [4.78, 5) is 0. The van der Waals surface area contributed by atoms with Crippen molar-refractivity contribution in [1.82, 2.24) is 0 Å². The largest absolute Gasteiger partial charge is 0.329 e. The van der Waals surface area contributed by atoms with Crippen LogP contribution in [0, 0.1) is 17.2 Å². The highest BCUT2D eigenvalue weighted by Gasteiger charge is 2.32. The predicted molar refractivity (Wildman–Crippen MR) is 51.9 cm³/mol. The van der Waals surface area contributed by atoms with Gasteiger partial charge in [-0.3, -0.25) is 4.57 Å². The van der Waals surface area contributed by atoms with E-state index in [4.69, 9.17) is 9.79 Å². The summed E-state index contributed by atoms with van der Waals surface area (Å²) >= 11 is 0. The van der Waals surface area contributed by atoms with E-state index in [1.54, 1.807) is 0 Å². The second-order valence-corrected chi connectivity index (χ2v) is 6.19. The van der Waals surface area contributed by atoms with Gasteiger partial charge in [0.25, 0.3) is 0 Å². The van der Waals surface area contributed by atoms with E-state index in [2.05, 4.69) is 0 Å². The number of nitriles is 1. The maximum atomic E-state index is 12.0. The predicted octanol–water partition coefficient (Wildman–Crippen LogP) is 2.62. The van der Waals surface area contributed by atoms with Gasteiger partial charge < -0.3 is 4.52 Å². The molecule has 1 atom stereocenters. The second kappa shape index (κ2) is 4.79. The first-order valence-corrected chi connectivity index (χ1v) is 6.79. The molecule has 0 amide bonds. The average Bonchev–Trinajstić information content (AvgIpc) is 2.85. The molecule has 13 heavy (non-hydrogen) atoms. The lowest BCUT2D eigenvalue weighted by Crippen LogP contribution is -2.01. The van der Waals surface area contributed by atoms with Crippen LogP contribution >= 0.6 is 7.37 Å². The van der Waals surface area contributed by atoms with E-state index in [9.17, 15) is 4.57 Å². The molecule has 0 saturated heterocycles. The highest BCUT2D eigenvalue weighted by atomic mass is 31.2. The third-order valence-corrected chi connectivity index (χ3v) is 4.87. The molecule has 0 bridgehead atoms. The molecule has 1 unspecified atom stereocenters. The lowest BCUT2D eigenvalue weighted by Gasteiger charge is -2.15. The smallest absolute Gasteiger partial charge is 0.204 e. The fraction of sp³-hybridized carbons (Fsp3) is 0.889. The molecule has 1 fully saturated rings. The first-order valence-electron chi connectivity index (χ1n) is 4.80. The Morgan fingerprint density at radius 1 is 1.62 bits per heavy atom. The van der Waals surface area contributed by atoms with Crippen molar-refractivity contribution < 1.29 is 9.09 Å². The molecule has 0 spiro atoms. The van der Waals surface area contributed by atoms with Crippen LogP contribution in [0.1, 0.15) is 26.2 Å². The van der Waals surface area contributed by atoms with Crippen molar-refractivity contribution in [3.8, 4) is 6.07 Å². The first kappa shape index (κ1) is 10.8. The van der Waals surface area contributed by atoms with Gasteiger partial charge in [-0.15, -0.1) is 0 Å². The van der Waals surface area contributed by atoms with Crippen LogP contribution in [-0.2, 0) is 9.09 Å². The zero-order chi connectivity index (χ0) is 9.73. The van der Waals surface area contributed by atoms with Crippen LogP contribution in [0.3, 0.4) is 0 Å². The van der Waals surface area contributed by atoms with E-state index in [1.165, 1.54) is 12.8 Å². The van der Waals surface area contributed by atoms with Crippen LogP contribution in [0.5, 0.6) is 0 Å². The summed E-state index contributed by atoms with van der Waals surface area (Å²) < 4.78 is 17.3. The third kappa shape index (κ3) is 3.93. The summed E-state index contributed by atoms with van der Waals surface area (Å²) in [6.45, 7) is 2.35. The van der Waals surface area contributed by atoms with E-state index in [0.717, 1.165) is 0 Å². The zero-order valence-corrected chi connectivity index (χ0v) is 8.93. The highest BCUT2D eigenvalue weighted by molar-refractivity contribution is 7.59. The van der Waals surface area contributed by atoms with Crippen molar-refractivity contribution in [1.29, 1.82) is 5.26 Å². The van der Waals surface area contributed by atoms with Gasteiger partial charge in [0.05, 0.1) is 12.7 Å². The Labute approximate surface area is 79.5 Å². The van der Waals surface area contributed by atoms with Crippen molar-refractivity contribution in [3.63, 3.8) is 0 Å². The lowest BCUT2D eigenvalue weighted by atomic mass is 10.5. The van der Waals surface area contributed by atoms with Crippen LogP contribution in [0.15, 0.2) is 0 Å². The van der Waals surface area contributed by atoms with Crippen LogP contribution in [0.2, 0.25) is 0 Å². The van der Waals surface area contributed by atoms with Crippen LogP contribution in [0.4, 0.5) is 0 Å². The van der Waals surface area contributed by atoms with E-state index in [0.29, 0.717) is 31.3 Å². The maximum Gasteiger partial charge on any atom is 0.204 e. The van der Waals surface area contributed by atoms with Crippen LogP contribution in [-0.4, -0.2) is 18.9 Å². The van der Waals surface area contributed by atoms with E-state index in [-0.39, 0.29) is 0 Å². The van der Waals surface area contributed by atoms with Crippen molar-refractivity contribution in [2.24, 2.45) is 5.92 Å². The molecule has 3 nitrogen and oxygen atoms in total. The summed E-state index contributed by atoms with van der Waals surface area (Å²) in [5.41, 5.74) is 0. The summed E-state index contributed by atoms with van der Waals surface area (Å²) in [5, 5.41) is 8.42. The van der Waals surface area contributed by atoms with Gasteiger partial charge in [-0.2, -0.15) is 5.26 Å². The monoisotopic (exact) mass is 201 g/mol. The molecule has 0 heterocycles. The number of nitrogens with zero attached hydrogens (tertiary/aromatic N) is 1. The summed E-state index contributed by atoms with van der Waals surface area (Å²) in [6, 6.07) is 2.02. The molecule has 1 rings (SSSR count). The molecule has 0 aromatic heterocycles. The van der Waals surface area contributed by atoms with Gasteiger partial charge in [0.15, 0.2) is 0 Å². The quantitative estimate of drug-likeness (QED) is 0.620. The molecule has 0 N–H and O–H groups in total. The van der Waals surface area contributed by atoms with Gasteiger partial charge in [0, 0.05) is 18.7 Å². The number of hydrogen-bond donors (Lipinski definition) is 0. The Hall–Kier alpha value is -0.320. The van der Waals surface area contributed by atoms with E-state index < -0.39 is 7.37 Å². The maximum absolute atomic E-state index is 12.0. The standard InChI is InChI=1S/C9H16NO2P/c1-2-12-13(11,7-3-6-10)8-9-4-5-9/h9H,2-5,7-8H2,1H3. The molecule has 0 aliphatic heterocycles. The van der Waals surface area contributed by atoms with Crippen molar-refractivity contribution in [2.75, 3.05) is 18.9 Å². The fourth-order valence-electron chi connectivity index (χ4n) is 1.36. The minimum absolute atomic E-state index is 0.351. The van der Waals surface area contributed by atoms with Crippen LogP contribution in [0.25, 0.3) is 0 Å². The zero-order valence-electron chi connectivity index (χ0n) is 8.03. The molecule has 1 saturated carbocycles. The Bertz CT molecular complexity index is 242. The molecule has 1 aliphatic rings. The van der Waals surface area contributed by atoms with Crippen LogP contribution < -0.4 is 0 Å². The summed E-state index contributed by atoms with van der Waals surface area (Å²) in [7, 11) is -2.45. The third-order valence-electron chi connectivity index (χ3n) is 2.16. The topological polar surface area (TPSA) is 50.1 Å². The Balaban J connectivity index is 2.41. The molecule has 74 valence electrons. The van der Waals surface area contributed by atoms with Gasteiger partial charge in [-0.1, -0.05) is 0 Å². The molecule has 0 aromatic carbocycles. The van der Waals surface area contributed by atoms with Gasteiger partial charge in [0.2, 0.25) is 7.37 Å². The highest BCUT2D eigenvalue weighted by Crippen LogP contribution is 2.53. The molecule has 1 aliphatic carbocycles. The lowest BCUT2D eigenvalue weighted by molar-refractivity contribution is 0.332. The Morgan fingerprint density at radius 3 is 2.77 bits per heavy atom. The first-order chi connectivity index (χ1) is 6.20. The van der Waals surface area contributed by atoms with Gasteiger partial charge >= 0.3 is 0 Å². The van der Waals surface area contributed by atoms with Gasteiger partial charge in [0.1, 0.15) is 0 Å². The molecular weight excluding hydrogens is 185 g/mol. The Morgan fingerprint density at radius 2 is 2.31 bits per heavy atom. The molecule has 0 aromatic rings. The van der Waals surface area contributed by atoms with Gasteiger partial charge in [-0.05, 0) is 25.7 Å². The number of rotatable bonds is 6. The molecule has 4 heteroatoms. The van der Waals surface area contributed by atoms with Crippen molar-refractivity contribution >= 4 is 7.37 Å². The van der Waals surface area contributed by atoms with E-state index in [1.807, 2.05) is 13.0 Å². The summed E-state index contributed by atoms with van der Waals surface area (Å²) in [6.07, 6.45) is 3.85. The Kier molecular flexibility index (Phi) is 3.96. The minimum atomic E-state index is -2.45. The average molecular weight is 201 g/mol. The molecular formula is C9H16NO2P. The fourth-order valence-corrected chi connectivity index (χ4v) is 3.84. The van der Waals surface area contributed by atoms with Crippen molar-refractivity contribution in [3.05, 3.63) is 0 Å². The van der Waals surface area contributed by atoms with E-state index >= 15 is 0 Å². The van der Waals surface area contributed by atoms with Crippen molar-refractivity contribution in [2.45, 2.75) is 26.2 Å². The second-order valence-electron chi connectivity index (χ2n) is 3.49. The summed E-state index contributed by atoms with van der Waals surface area (Å²) in [5.74, 6) is 0.607. The molecule has 0 radical (unpaired) electrons. The number of hydrogen-bond acceptors (Lipinski definition) is 3.